The van der Waals surface area contributed by atoms with Crippen LogP contribution in [0.1, 0.15) is 26.7 Å². The Bertz CT molecular complexity index is 260. The summed E-state index contributed by atoms with van der Waals surface area (Å²) >= 11 is 0. The summed E-state index contributed by atoms with van der Waals surface area (Å²) in [5.41, 5.74) is 4.43. The van der Waals surface area contributed by atoms with Crippen LogP contribution in [0.4, 0.5) is 0 Å². The monoisotopic (exact) mass is 246 g/mol. The van der Waals surface area contributed by atoms with Crippen molar-refractivity contribution < 1.29 is 19.4 Å². The van der Waals surface area contributed by atoms with E-state index < -0.39 is 17.5 Å². The number of ether oxygens (including phenoxy) is 1. The Hall–Kier alpha value is -1.14. The van der Waals surface area contributed by atoms with Crippen LogP contribution in [0.25, 0.3) is 0 Å². The van der Waals surface area contributed by atoms with Crippen molar-refractivity contribution in [1.29, 1.82) is 0 Å². The molecule has 0 bridgehead atoms. The van der Waals surface area contributed by atoms with E-state index in [4.69, 9.17) is 10.5 Å². The number of aliphatic carboxylic acids is 1. The predicted molar refractivity (Wildman–Crippen MR) is 63.5 cm³/mol. The Morgan fingerprint density at radius 2 is 1.94 bits per heavy atom. The Morgan fingerprint density at radius 1 is 1.41 bits per heavy atom. The minimum absolute atomic E-state index is 0.0701. The molecule has 1 amide bonds. The van der Waals surface area contributed by atoms with Crippen LogP contribution in [-0.2, 0) is 14.3 Å². The van der Waals surface area contributed by atoms with Gasteiger partial charge in [0, 0.05) is 20.2 Å². The summed E-state index contributed by atoms with van der Waals surface area (Å²) in [6.07, 6.45) is 0.189. The van der Waals surface area contributed by atoms with E-state index in [9.17, 15) is 14.7 Å². The normalized spacial score (nSPS) is 13.2. The second-order valence-electron chi connectivity index (χ2n) is 3.97. The summed E-state index contributed by atoms with van der Waals surface area (Å²) in [6.45, 7) is 3.75. The van der Waals surface area contributed by atoms with Gasteiger partial charge in [0.25, 0.3) is 0 Å². The molecule has 0 radical (unpaired) electrons. The SMILES string of the molecule is CCC(CC)(CNC(=O)C(CN)OC)C(=O)O. The second-order valence-corrected chi connectivity index (χ2v) is 3.97. The van der Waals surface area contributed by atoms with E-state index in [1.807, 2.05) is 0 Å². The molecule has 0 aliphatic heterocycles. The minimum Gasteiger partial charge on any atom is -0.481 e. The van der Waals surface area contributed by atoms with Crippen molar-refractivity contribution in [3.05, 3.63) is 0 Å². The van der Waals surface area contributed by atoms with Gasteiger partial charge in [-0.2, -0.15) is 0 Å². The highest BCUT2D eigenvalue weighted by Crippen LogP contribution is 2.25. The van der Waals surface area contributed by atoms with Crippen molar-refractivity contribution in [2.75, 3.05) is 20.2 Å². The highest BCUT2D eigenvalue weighted by molar-refractivity contribution is 5.82. The van der Waals surface area contributed by atoms with Crippen molar-refractivity contribution in [1.82, 2.24) is 5.32 Å². The predicted octanol–water partition coefficient (Wildman–Crippen LogP) is -0.0327. The fourth-order valence-corrected chi connectivity index (χ4v) is 1.56. The third kappa shape index (κ3) is 3.98. The largest absolute Gasteiger partial charge is 0.481 e. The molecule has 0 saturated carbocycles. The maximum absolute atomic E-state index is 11.6. The molecule has 0 rings (SSSR count). The summed E-state index contributed by atoms with van der Waals surface area (Å²) in [4.78, 5) is 22.8. The zero-order valence-corrected chi connectivity index (χ0v) is 10.7. The van der Waals surface area contributed by atoms with E-state index in [1.165, 1.54) is 7.11 Å². The maximum atomic E-state index is 11.6. The Labute approximate surface area is 102 Å². The van der Waals surface area contributed by atoms with Crippen molar-refractivity contribution in [3.63, 3.8) is 0 Å². The fourth-order valence-electron chi connectivity index (χ4n) is 1.56. The second kappa shape index (κ2) is 7.24. The van der Waals surface area contributed by atoms with Gasteiger partial charge in [-0.25, -0.2) is 0 Å². The number of carboxylic acid groups (broad SMARTS) is 1. The van der Waals surface area contributed by atoms with E-state index in [2.05, 4.69) is 5.32 Å². The van der Waals surface area contributed by atoms with E-state index in [0.29, 0.717) is 12.8 Å². The quantitative estimate of drug-likeness (QED) is 0.558. The standard InChI is InChI=1S/C11H22N2O4/c1-4-11(5-2,10(15)16)7-13-9(14)8(6-12)17-3/h8H,4-7,12H2,1-3H3,(H,13,14)(H,15,16). The lowest BCUT2D eigenvalue weighted by atomic mass is 9.82. The van der Waals surface area contributed by atoms with Crippen LogP contribution in [0.15, 0.2) is 0 Å². The van der Waals surface area contributed by atoms with Crippen LogP contribution in [-0.4, -0.2) is 43.3 Å². The lowest BCUT2D eigenvalue weighted by Crippen LogP contribution is -2.47. The summed E-state index contributed by atoms with van der Waals surface area (Å²) in [5.74, 6) is -1.27. The zero-order valence-electron chi connectivity index (χ0n) is 10.7. The Kier molecular flexibility index (Phi) is 6.75. The number of hydrogen-bond donors (Lipinski definition) is 3. The average Bonchev–Trinajstić information content (AvgIpc) is 2.32. The molecule has 1 unspecified atom stereocenters. The highest BCUT2D eigenvalue weighted by atomic mass is 16.5. The van der Waals surface area contributed by atoms with Crippen LogP contribution in [0.3, 0.4) is 0 Å². The lowest BCUT2D eigenvalue weighted by molar-refractivity contribution is -0.149. The number of amides is 1. The molecule has 4 N–H and O–H groups in total. The summed E-state index contributed by atoms with van der Waals surface area (Å²) in [6, 6.07) is 0. The van der Waals surface area contributed by atoms with Crippen molar-refractivity contribution in [3.8, 4) is 0 Å². The van der Waals surface area contributed by atoms with Gasteiger partial charge in [-0.3, -0.25) is 9.59 Å². The molecular formula is C11H22N2O4. The van der Waals surface area contributed by atoms with Crippen molar-refractivity contribution in [2.45, 2.75) is 32.8 Å². The minimum atomic E-state index is -0.914. The topological polar surface area (TPSA) is 102 Å². The molecule has 17 heavy (non-hydrogen) atoms. The number of carbonyl (C=O) groups excluding carboxylic acids is 1. The molecule has 100 valence electrons. The Morgan fingerprint density at radius 3 is 2.24 bits per heavy atom. The first-order valence-corrected chi connectivity index (χ1v) is 5.71. The first-order valence-electron chi connectivity index (χ1n) is 5.71. The van der Waals surface area contributed by atoms with Gasteiger partial charge >= 0.3 is 5.97 Å². The van der Waals surface area contributed by atoms with Gasteiger partial charge in [-0.15, -0.1) is 0 Å². The molecule has 0 saturated heterocycles. The lowest BCUT2D eigenvalue weighted by Gasteiger charge is -2.27. The van der Waals surface area contributed by atoms with Gasteiger partial charge in [0.05, 0.1) is 5.41 Å². The van der Waals surface area contributed by atoms with E-state index >= 15 is 0 Å². The molecule has 6 nitrogen and oxygen atoms in total. The van der Waals surface area contributed by atoms with Crippen molar-refractivity contribution >= 4 is 11.9 Å². The van der Waals surface area contributed by atoms with Crippen LogP contribution in [0, 0.1) is 5.41 Å². The molecule has 1 atom stereocenters. The molecule has 6 heteroatoms. The fraction of sp³-hybridized carbons (Fsp3) is 0.818. The van der Waals surface area contributed by atoms with Gasteiger partial charge in [-0.1, -0.05) is 13.8 Å². The molecule has 0 spiro atoms. The van der Waals surface area contributed by atoms with E-state index in [-0.39, 0.29) is 19.0 Å². The van der Waals surface area contributed by atoms with Gasteiger partial charge in [0.1, 0.15) is 6.10 Å². The number of hydrogen-bond acceptors (Lipinski definition) is 4. The van der Waals surface area contributed by atoms with Crippen LogP contribution in [0.5, 0.6) is 0 Å². The zero-order chi connectivity index (χ0) is 13.5. The smallest absolute Gasteiger partial charge is 0.311 e. The Balaban J connectivity index is 4.51. The molecule has 0 fully saturated rings. The molecule has 0 heterocycles. The summed E-state index contributed by atoms with van der Waals surface area (Å²) in [5, 5.41) is 11.8. The number of carboxylic acids is 1. The van der Waals surface area contributed by atoms with Crippen LogP contribution < -0.4 is 11.1 Å². The summed E-state index contributed by atoms with van der Waals surface area (Å²) in [7, 11) is 1.39. The molecule has 0 aliphatic carbocycles. The van der Waals surface area contributed by atoms with E-state index in [1.54, 1.807) is 13.8 Å². The first-order chi connectivity index (χ1) is 7.97. The average molecular weight is 246 g/mol. The maximum Gasteiger partial charge on any atom is 0.311 e. The molecule has 0 aromatic rings. The number of methoxy groups -OCH3 is 1. The number of nitrogens with one attached hydrogen (secondary N) is 1. The summed E-state index contributed by atoms with van der Waals surface area (Å²) < 4.78 is 4.87. The highest BCUT2D eigenvalue weighted by Gasteiger charge is 2.35. The van der Waals surface area contributed by atoms with Crippen LogP contribution in [0.2, 0.25) is 0 Å². The first kappa shape index (κ1) is 15.9. The third-order valence-electron chi connectivity index (χ3n) is 3.20. The number of carbonyl (C=O) groups is 2. The van der Waals surface area contributed by atoms with Crippen LogP contribution >= 0.6 is 0 Å². The molecule has 0 aromatic heterocycles. The third-order valence-corrected chi connectivity index (χ3v) is 3.20. The van der Waals surface area contributed by atoms with Crippen molar-refractivity contribution in [2.24, 2.45) is 11.1 Å². The molecule has 0 aromatic carbocycles. The number of rotatable bonds is 8. The molecular weight excluding hydrogens is 224 g/mol. The van der Waals surface area contributed by atoms with Gasteiger partial charge < -0.3 is 20.9 Å². The van der Waals surface area contributed by atoms with Gasteiger partial charge in [0.2, 0.25) is 5.91 Å². The number of nitrogens with two attached hydrogens (primary N) is 1. The van der Waals surface area contributed by atoms with Gasteiger partial charge in [0.15, 0.2) is 0 Å². The van der Waals surface area contributed by atoms with Gasteiger partial charge in [-0.05, 0) is 12.8 Å². The molecule has 0 aliphatic rings. The van der Waals surface area contributed by atoms with E-state index in [0.717, 1.165) is 0 Å².